The fourth-order valence-corrected chi connectivity index (χ4v) is 4.37. The van der Waals surface area contributed by atoms with Gasteiger partial charge in [-0.05, 0) is 31.0 Å². The molecule has 4 atom stereocenters. The molecule has 0 bridgehead atoms. The minimum atomic E-state index is -3.48. The predicted octanol–water partition coefficient (Wildman–Crippen LogP) is 0.984. The quantitative estimate of drug-likeness (QED) is 0.839. The van der Waals surface area contributed by atoms with Crippen LogP contribution < -0.4 is 0 Å². The fourth-order valence-electron chi connectivity index (χ4n) is 3.95. The van der Waals surface area contributed by atoms with E-state index in [1.807, 2.05) is 19.2 Å². The van der Waals surface area contributed by atoms with Crippen LogP contribution in [0.2, 0.25) is 0 Å². The third-order valence-electron chi connectivity index (χ3n) is 4.97. The molecule has 1 aromatic rings. The Bertz CT molecular complexity index is 645. The number of rotatable bonds is 3. The van der Waals surface area contributed by atoms with Gasteiger partial charge in [0, 0.05) is 24.4 Å². The molecular formula is C16H23NO4S. The molecule has 5 nitrogen and oxygen atoms in total. The first kappa shape index (κ1) is 15.9. The van der Waals surface area contributed by atoms with E-state index in [4.69, 9.17) is 4.18 Å². The van der Waals surface area contributed by atoms with Gasteiger partial charge < -0.3 is 10.0 Å². The Hall–Kier alpha value is -0.950. The van der Waals surface area contributed by atoms with Crippen LogP contribution in [0.25, 0.3) is 0 Å². The highest BCUT2D eigenvalue weighted by Crippen LogP contribution is 2.42. The Morgan fingerprint density at radius 2 is 2.09 bits per heavy atom. The van der Waals surface area contributed by atoms with Crippen LogP contribution in [0.3, 0.4) is 0 Å². The van der Waals surface area contributed by atoms with Crippen molar-refractivity contribution in [3.05, 3.63) is 35.4 Å². The molecule has 1 aliphatic carbocycles. The van der Waals surface area contributed by atoms with Gasteiger partial charge in [-0.15, -0.1) is 0 Å². The van der Waals surface area contributed by atoms with Crippen molar-refractivity contribution in [1.29, 1.82) is 0 Å². The molecule has 2 aliphatic rings. The number of hydrogen-bond acceptors (Lipinski definition) is 5. The standard InChI is InChI=1S/C16H23NO4S/c1-17-9-12(10-21-22(2,19)20)16(18)15-13-6-4-3-5-11(13)7-8-14(15)17/h3-6,12,14-16,18H,7-10H2,1-2H3/t12-,14+,15+,16+/m0/s1. The van der Waals surface area contributed by atoms with Gasteiger partial charge in [0.1, 0.15) is 0 Å². The third-order valence-corrected chi connectivity index (χ3v) is 5.54. The Morgan fingerprint density at radius 1 is 1.36 bits per heavy atom. The average molecular weight is 325 g/mol. The zero-order valence-electron chi connectivity index (χ0n) is 13.0. The molecule has 0 aromatic heterocycles. The topological polar surface area (TPSA) is 66.8 Å². The number of benzene rings is 1. The summed E-state index contributed by atoms with van der Waals surface area (Å²) in [5, 5.41) is 10.8. The number of aliphatic hydroxyl groups is 1. The molecule has 1 saturated heterocycles. The summed E-state index contributed by atoms with van der Waals surface area (Å²) in [5.41, 5.74) is 2.49. The van der Waals surface area contributed by atoms with E-state index >= 15 is 0 Å². The van der Waals surface area contributed by atoms with Gasteiger partial charge in [0.25, 0.3) is 10.1 Å². The van der Waals surface area contributed by atoms with Crippen LogP contribution in [0.1, 0.15) is 23.5 Å². The molecule has 1 heterocycles. The molecule has 0 saturated carbocycles. The van der Waals surface area contributed by atoms with Gasteiger partial charge in [0.15, 0.2) is 0 Å². The van der Waals surface area contributed by atoms with Gasteiger partial charge in [-0.2, -0.15) is 8.42 Å². The normalized spacial score (nSPS) is 32.3. The van der Waals surface area contributed by atoms with Gasteiger partial charge in [-0.25, -0.2) is 0 Å². The maximum Gasteiger partial charge on any atom is 0.264 e. The van der Waals surface area contributed by atoms with Crippen LogP contribution >= 0.6 is 0 Å². The summed E-state index contributed by atoms with van der Waals surface area (Å²) in [6.45, 7) is 0.690. The van der Waals surface area contributed by atoms with Crippen molar-refractivity contribution in [2.75, 3.05) is 26.5 Å². The van der Waals surface area contributed by atoms with Crippen molar-refractivity contribution in [1.82, 2.24) is 4.90 Å². The molecule has 1 N–H and O–H groups in total. The van der Waals surface area contributed by atoms with Crippen LogP contribution in [0.15, 0.2) is 24.3 Å². The highest BCUT2D eigenvalue weighted by Gasteiger charge is 2.44. The maximum atomic E-state index is 11.2. The van der Waals surface area contributed by atoms with Gasteiger partial charge in [0.2, 0.25) is 0 Å². The molecule has 1 fully saturated rings. The zero-order valence-corrected chi connectivity index (χ0v) is 13.8. The molecule has 3 rings (SSSR count). The van der Waals surface area contributed by atoms with E-state index in [2.05, 4.69) is 17.0 Å². The van der Waals surface area contributed by atoms with Crippen molar-refractivity contribution in [3.8, 4) is 0 Å². The predicted molar refractivity (Wildman–Crippen MR) is 84.2 cm³/mol. The van der Waals surface area contributed by atoms with Crippen LogP contribution in [-0.4, -0.2) is 57.0 Å². The molecular weight excluding hydrogens is 302 g/mol. The van der Waals surface area contributed by atoms with Gasteiger partial charge >= 0.3 is 0 Å². The third kappa shape index (κ3) is 3.06. The average Bonchev–Trinajstić information content (AvgIpc) is 2.47. The first-order valence-electron chi connectivity index (χ1n) is 7.67. The summed E-state index contributed by atoms with van der Waals surface area (Å²) in [5.74, 6) is -0.177. The summed E-state index contributed by atoms with van der Waals surface area (Å²) in [6, 6.07) is 8.55. The van der Waals surface area contributed by atoms with Gasteiger partial charge in [-0.1, -0.05) is 24.3 Å². The van der Waals surface area contributed by atoms with Crippen molar-refractivity contribution in [2.24, 2.45) is 5.92 Å². The van der Waals surface area contributed by atoms with E-state index in [0.29, 0.717) is 12.6 Å². The molecule has 122 valence electrons. The minimum Gasteiger partial charge on any atom is -0.392 e. The first-order chi connectivity index (χ1) is 10.4. The van der Waals surface area contributed by atoms with E-state index in [-0.39, 0.29) is 18.4 Å². The van der Waals surface area contributed by atoms with Gasteiger partial charge in [0.05, 0.1) is 19.0 Å². The molecule has 0 unspecified atom stereocenters. The SMILES string of the molecule is CN1C[C@@H](COS(C)(=O)=O)[C@@H](O)[C@@H]2c3ccccc3CC[C@H]21. The lowest BCUT2D eigenvalue weighted by atomic mass is 9.70. The van der Waals surface area contributed by atoms with E-state index < -0.39 is 16.2 Å². The van der Waals surface area contributed by atoms with Crippen LogP contribution in [-0.2, 0) is 20.7 Å². The van der Waals surface area contributed by atoms with Crippen molar-refractivity contribution in [2.45, 2.75) is 30.9 Å². The zero-order chi connectivity index (χ0) is 15.9. The van der Waals surface area contributed by atoms with E-state index in [1.54, 1.807) is 0 Å². The molecule has 1 aliphatic heterocycles. The summed E-state index contributed by atoms with van der Waals surface area (Å²) < 4.78 is 27.4. The largest absolute Gasteiger partial charge is 0.392 e. The minimum absolute atomic E-state index is 0.0249. The molecule has 0 spiro atoms. The second-order valence-corrected chi connectivity index (χ2v) is 8.15. The van der Waals surface area contributed by atoms with E-state index in [1.165, 1.54) is 11.1 Å². The number of piperidine rings is 1. The van der Waals surface area contributed by atoms with Crippen molar-refractivity contribution >= 4 is 10.1 Å². The summed E-state index contributed by atoms with van der Waals surface area (Å²) in [6.07, 6.45) is 2.52. The molecule has 1 aromatic carbocycles. The second kappa shape index (κ2) is 5.92. The fraction of sp³-hybridized carbons (Fsp3) is 0.625. The maximum absolute atomic E-state index is 11.2. The summed E-state index contributed by atoms with van der Waals surface area (Å²) in [7, 11) is -1.44. The Balaban J connectivity index is 1.86. The van der Waals surface area contributed by atoms with Crippen LogP contribution in [0, 0.1) is 5.92 Å². The highest BCUT2D eigenvalue weighted by molar-refractivity contribution is 7.85. The lowest BCUT2D eigenvalue weighted by Crippen LogP contribution is -2.55. The number of nitrogens with zero attached hydrogens (tertiary/aromatic N) is 1. The highest BCUT2D eigenvalue weighted by atomic mass is 32.2. The monoisotopic (exact) mass is 325 g/mol. The lowest BCUT2D eigenvalue weighted by molar-refractivity contribution is -0.0372. The Kier molecular flexibility index (Phi) is 4.29. The lowest BCUT2D eigenvalue weighted by Gasteiger charge is -2.49. The number of likely N-dealkylation sites (tertiary alicyclic amines) is 1. The number of fused-ring (bicyclic) bond motifs is 3. The Morgan fingerprint density at radius 3 is 2.82 bits per heavy atom. The smallest absolute Gasteiger partial charge is 0.264 e. The van der Waals surface area contributed by atoms with E-state index in [0.717, 1.165) is 19.1 Å². The van der Waals surface area contributed by atoms with E-state index in [9.17, 15) is 13.5 Å². The number of aryl methyl sites for hydroxylation is 1. The summed E-state index contributed by atoms with van der Waals surface area (Å²) in [4.78, 5) is 2.24. The molecule has 0 radical (unpaired) electrons. The second-order valence-electron chi connectivity index (χ2n) is 6.51. The summed E-state index contributed by atoms with van der Waals surface area (Å²) >= 11 is 0. The Labute approximate surface area is 132 Å². The van der Waals surface area contributed by atoms with Crippen molar-refractivity contribution in [3.63, 3.8) is 0 Å². The van der Waals surface area contributed by atoms with Crippen molar-refractivity contribution < 1.29 is 17.7 Å². The number of hydrogen-bond donors (Lipinski definition) is 1. The first-order valence-corrected chi connectivity index (χ1v) is 9.49. The number of aliphatic hydroxyl groups excluding tert-OH is 1. The molecule has 22 heavy (non-hydrogen) atoms. The van der Waals surface area contributed by atoms with Crippen LogP contribution in [0.4, 0.5) is 0 Å². The molecule has 6 heteroatoms. The number of likely N-dealkylation sites (N-methyl/N-ethyl adjacent to an activating group) is 1. The van der Waals surface area contributed by atoms with Gasteiger partial charge in [-0.3, -0.25) is 4.18 Å². The molecule has 0 amide bonds. The van der Waals surface area contributed by atoms with Crippen LogP contribution in [0.5, 0.6) is 0 Å².